The van der Waals surface area contributed by atoms with E-state index in [0.717, 1.165) is 6.92 Å². The third-order valence-corrected chi connectivity index (χ3v) is 2.27. The largest absolute Gasteiger partial charge is 0.327 e. The van der Waals surface area contributed by atoms with Crippen LogP contribution in [0.25, 0.3) is 6.08 Å². The minimum atomic E-state index is -2.86. The number of rotatable bonds is 3. The van der Waals surface area contributed by atoms with E-state index in [1.165, 1.54) is 12.1 Å². The van der Waals surface area contributed by atoms with Gasteiger partial charge in [0.15, 0.2) is 0 Å². The number of hydrogen-bond acceptors (Lipinski definition) is 1. The average molecular weight is 232 g/mol. The van der Waals surface area contributed by atoms with Crippen molar-refractivity contribution in [3.63, 3.8) is 0 Å². The maximum Gasteiger partial charge on any atom is 0.270 e. The first-order chi connectivity index (χ1) is 6.95. The van der Waals surface area contributed by atoms with Crippen LogP contribution in [-0.2, 0) is 5.92 Å². The lowest BCUT2D eigenvalue weighted by Gasteiger charge is -2.11. The van der Waals surface area contributed by atoms with Gasteiger partial charge >= 0.3 is 0 Å². The highest BCUT2D eigenvalue weighted by molar-refractivity contribution is 6.32. The van der Waals surface area contributed by atoms with E-state index < -0.39 is 5.92 Å². The van der Waals surface area contributed by atoms with Crippen LogP contribution in [0.1, 0.15) is 18.1 Å². The highest BCUT2D eigenvalue weighted by Crippen LogP contribution is 2.30. The second-order valence-corrected chi connectivity index (χ2v) is 3.67. The molecule has 0 atom stereocenters. The lowest BCUT2D eigenvalue weighted by molar-refractivity contribution is 0.0175. The van der Waals surface area contributed by atoms with E-state index in [2.05, 4.69) is 0 Å². The summed E-state index contributed by atoms with van der Waals surface area (Å²) in [4.78, 5) is 0. The Bertz CT molecular complexity index is 369. The maximum absolute atomic E-state index is 12.9. The first-order valence-corrected chi connectivity index (χ1v) is 4.87. The Labute approximate surface area is 92.5 Å². The van der Waals surface area contributed by atoms with Crippen LogP contribution in [0.3, 0.4) is 0 Å². The fraction of sp³-hybridized carbons (Fsp3) is 0.273. The van der Waals surface area contributed by atoms with E-state index in [1.54, 1.807) is 18.2 Å². The van der Waals surface area contributed by atoms with Crippen molar-refractivity contribution in [1.82, 2.24) is 0 Å². The molecule has 0 aliphatic heterocycles. The quantitative estimate of drug-likeness (QED) is 0.848. The minimum Gasteiger partial charge on any atom is -0.327 e. The fourth-order valence-corrected chi connectivity index (χ4v) is 1.37. The standard InChI is InChI=1S/C11H12ClF2N/c1-11(13,14)9-5-4-8(3-2-6-15)10(12)7-9/h2-5,7H,6,15H2,1H3/b3-2+. The van der Waals surface area contributed by atoms with Crippen LogP contribution in [-0.4, -0.2) is 6.54 Å². The lowest BCUT2D eigenvalue weighted by atomic mass is 10.1. The van der Waals surface area contributed by atoms with Crippen molar-refractivity contribution in [2.24, 2.45) is 5.73 Å². The molecule has 2 N–H and O–H groups in total. The Morgan fingerprint density at radius 1 is 1.47 bits per heavy atom. The monoisotopic (exact) mass is 231 g/mol. The van der Waals surface area contributed by atoms with Gasteiger partial charge in [0.2, 0.25) is 0 Å². The number of halogens is 3. The van der Waals surface area contributed by atoms with Gasteiger partial charge in [0, 0.05) is 24.1 Å². The molecule has 15 heavy (non-hydrogen) atoms. The number of benzene rings is 1. The summed E-state index contributed by atoms with van der Waals surface area (Å²) >= 11 is 5.85. The summed E-state index contributed by atoms with van der Waals surface area (Å²) in [5.41, 5.74) is 5.88. The number of nitrogens with two attached hydrogens (primary N) is 1. The Morgan fingerprint density at radius 2 is 2.13 bits per heavy atom. The highest BCUT2D eigenvalue weighted by atomic mass is 35.5. The molecule has 0 aromatic heterocycles. The topological polar surface area (TPSA) is 26.0 Å². The molecule has 1 rings (SSSR count). The van der Waals surface area contributed by atoms with Crippen molar-refractivity contribution < 1.29 is 8.78 Å². The van der Waals surface area contributed by atoms with Crippen molar-refractivity contribution >= 4 is 17.7 Å². The van der Waals surface area contributed by atoms with Crippen LogP contribution in [0.4, 0.5) is 8.78 Å². The zero-order chi connectivity index (χ0) is 11.5. The molecular formula is C11H12ClF2N. The summed E-state index contributed by atoms with van der Waals surface area (Å²) in [7, 11) is 0. The Morgan fingerprint density at radius 3 is 2.60 bits per heavy atom. The molecular weight excluding hydrogens is 220 g/mol. The Hall–Kier alpha value is -0.930. The van der Waals surface area contributed by atoms with Gasteiger partial charge in [0.05, 0.1) is 0 Å². The highest BCUT2D eigenvalue weighted by Gasteiger charge is 2.24. The molecule has 1 aromatic carbocycles. The maximum atomic E-state index is 12.9. The van der Waals surface area contributed by atoms with E-state index >= 15 is 0 Å². The molecule has 0 heterocycles. The molecule has 4 heteroatoms. The van der Waals surface area contributed by atoms with Crippen LogP contribution in [0.15, 0.2) is 24.3 Å². The molecule has 0 saturated heterocycles. The molecule has 0 bridgehead atoms. The second-order valence-electron chi connectivity index (χ2n) is 3.26. The first-order valence-electron chi connectivity index (χ1n) is 4.49. The molecule has 0 unspecified atom stereocenters. The van der Waals surface area contributed by atoms with Crippen LogP contribution >= 0.6 is 11.6 Å². The predicted molar refractivity (Wildman–Crippen MR) is 59.1 cm³/mol. The summed E-state index contributed by atoms with van der Waals surface area (Å²) in [6.07, 6.45) is 3.42. The molecule has 0 aliphatic carbocycles. The van der Waals surface area contributed by atoms with Gasteiger partial charge < -0.3 is 5.73 Å². The van der Waals surface area contributed by atoms with E-state index in [1.807, 2.05) is 0 Å². The third kappa shape index (κ3) is 3.29. The van der Waals surface area contributed by atoms with Crippen LogP contribution < -0.4 is 5.73 Å². The molecule has 0 aliphatic rings. The molecule has 0 saturated carbocycles. The molecule has 0 radical (unpaired) electrons. The summed E-state index contributed by atoms with van der Waals surface area (Å²) in [6.45, 7) is 1.23. The van der Waals surface area contributed by atoms with E-state index in [-0.39, 0.29) is 5.56 Å². The van der Waals surface area contributed by atoms with Gasteiger partial charge in [-0.05, 0) is 11.6 Å². The van der Waals surface area contributed by atoms with E-state index in [4.69, 9.17) is 17.3 Å². The SMILES string of the molecule is CC(F)(F)c1ccc(/C=C/CN)c(Cl)c1. The Kier molecular flexibility index (Phi) is 3.83. The number of alkyl halides is 2. The van der Waals surface area contributed by atoms with Gasteiger partial charge in [-0.15, -0.1) is 0 Å². The Balaban J connectivity index is 3.04. The van der Waals surface area contributed by atoms with Crippen molar-refractivity contribution in [3.8, 4) is 0 Å². The van der Waals surface area contributed by atoms with Crippen molar-refractivity contribution in [1.29, 1.82) is 0 Å². The summed E-state index contributed by atoms with van der Waals surface area (Å²) in [5.74, 6) is -2.86. The minimum absolute atomic E-state index is 0.0857. The van der Waals surface area contributed by atoms with E-state index in [0.29, 0.717) is 17.1 Å². The van der Waals surface area contributed by atoms with Crippen molar-refractivity contribution in [3.05, 3.63) is 40.4 Å². The van der Waals surface area contributed by atoms with Crippen LogP contribution in [0, 0.1) is 0 Å². The normalized spacial score (nSPS) is 12.3. The summed E-state index contributed by atoms with van der Waals surface area (Å²) in [5, 5.41) is 0.304. The van der Waals surface area contributed by atoms with E-state index in [9.17, 15) is 8.78 Å². The molecule has 0 fully saturated rings. The third-order valence-electron chi connectivity index (χ3n) is 1.94. The molecule has 0 spiro atoms. The van der Waals surface area contributed by atoms with Gasteiger partial charge in [-0.1, -0.05) is 35.9 Å². The lowest BCUT2D eigenvalue weighted by Crippen LogP contribution is -2.06. The van der Waals surface area contributed by atoms with Crippen molar-refractivity contribution in [2.45, 2.75) is 12.8 Å². The molecule has 0 amide bonds. The molecule has 1 aromatic rings. The predicted octanol–water partition coefficient (Wildman–Crippen LogP) is 3.42. The smallest absolute Gasteiger partial charge is 0.270 e. The van der Waals surface area contributed by atoms with Gasteiger partial charge in [0.1, 0.15) is 0 Å². The molecule has 1 nitrogen and oxygen atoms in total. The van der Waals surface area contributed by atoms with Gasteiger partial charge in [-0.25, -0.2) is 8.78 Å². The average Bonchev–Trinajstić information content (AvgIpc) is 2.14. The summed E-state index contributed by atoms with van der Waals surface area (Å²) < 4.78 is 25.8. The van der Waals surface area contributed by atoms with Gasteiger partial charge in [-0.3, -0.25) is 0 Å². The molecule has 82 valence electrons. The zero-order valence-electron chi connectivity index (χ0n) is 8.31. The summed E-state index contributed by atoms with van der Waals surface area (Å²) in [6, 6.07) is 4.20. The second kappa shape index (κ2) is 4.73. The van der Waals surface area contributed by atoms with Crippen LogP contribution in [0.2, 0.25) is 5.02 Å². The van der Waals surface area contributed by atoms with Gasteiger partial charge in [-0.2, -0.15) is 0 Å². The van der Waals surface area contributed by atoms with Gasteiger partial charge in [0.25, 0.3) is 5.92 Å². The number of hydrogen-bond donors (Lipinski definition) is 1. The zero-order valence-corrected chi connectivity index (χ0v) is 9.06. The van der Waals surface area contributed by atoms with Crippen molar-refractivity contribution in [2.75, 3.05) is 6.54 Å². The fourth-order valence-electron chi connectivity index (χ4n) is 1.13. The first kappa shape index (κ1) is 12.1. The van der Waals surface area contributed by atoms with Crippen LogP contribution in [0.5, 0.6) is 0 Å².